The number of benzene rings is 1. The van der Waals surface area contributed by atoms with Gasteiger partial charge in [-0.2, -0.15) is 0 Å². The number of aromatic nitrogens is 2. The van der Waals surface area contributed by atoms with Crippen LogP contribution in [-0.2, 0) is 16.0 Å². The van der Waals surface area contributed by atoms with E-state index in [0.717, 1.165) is 31.2 Å². The lowest BCUT2D eigenvalue weighted by molar-refractivity contribution is -0.126. The van der Waals surface area contributed by atoms with Crippen LogP contribution in [0.2, 0.25) is 0 Å². The zero-order valence-corrected chi connectivity index (χ0v) is 19.0. The molecule has 0 aliphatic rings. The average molecular weight is 448 g/mol. The summed E-state index contributed by atoms with van der Waals surface area (Å²) in [7, 11) is 1.93. The van der Waals surface area contributed by atoms with Crippen molar-refractivity contribution in [3.63, 3.8) is 0 Å². The second kappa shape index (κ2) is 12.1. The van der Waals surface area contributed by atoms with Crippen LogP contribution in [0.1, 0.15) is 45.6 Å². The number of halogens is 2. The molecule has 2 N–H and O–H groups in total. The zero-order chi connectivity index (χ0) is 23.7. The lowest BCUT2D eigenvalue weighted by Crippen LogP contribution is -2.44. The van der Waals surface area contributed by atoms with Crippen LogP contribution >= 0.6 is 0 Å². The highest BCUT2D eigenvalue weighted by Gasteiger charge is 2.21. The number of amides is 2. The molecule has 1 aromatic heterocycles. The molecule has 2 rings (SSSR count). The van der Waals surface area contributed by atoms with Crippen LogP contribution in [-0.4, -0.2) is 41.6 Å². The molecule has 7 nitrogen and oxygen atoms in total. The van der Waals surface area contributed by atoms with E-state index >= 15 is 0 Å². The van der Waals surface area contributed by atoms with Gasteiger partial charge in [-0.25, -0.2) is 8.78 Å². The highest BCUT2D eigenvalue weighted by molar-refractivity contribution is 5.96. The summed E-state index contributed by atoms with van der Waals surface area (Å²) in [5.41, 5.74) is 0.193. The number of hydrogen-bond donors (Lipinski definition) is 2. The van der Waals surface area contributed by atoms with E-state index < -0.39 is 29.5 Å². The molecule has 0 bridgehead atoms. The fraction of sp³-hybridized carbons (Fsp3) is 0.478. The third-order valence-corrected chi connectivity index (χ3v) is 4.85. The fourth-order valence-electron chi connectivity index (χ4n) is 3.08. The van der Waals surface area contributed by atoms with Crippen LogP contribution in [0.4, 0.5) is 20.4 Å². The molecular weight excluding hydrogens is 416 g/mol. The highest BCUT2D eigenvalue weighted by atomic mass is 19.1. The van der Waals surface area contributed by atoms with Gasteiger partial charge in [0.15, 0.2) is 11.6 Å². The lowest BCUT2D eigenvalue weighted by Gasteiger charge is -2.19. The normalized spacial score (nSPS) is 11.8. The maximum absolute atomic E-state index is 13.3. The summed E-state index contributed by atoms with van der Waals surface area (Å²) in [5, 5.41) is 13.5. The molecule has 1 heterocycles. The van der Waals surface area contributed by atoms with E-state index in [1.54, 1.807) is 12.1 Å². The summed E-state index contributed by atoms with van der Waals surface area (Å²) in [6.45, 7) is 7.04. The van der Waals surface area contributed by atoms with Crippen molar-refractivity contribution < 1.29 is 18.4 Å². The smallest absolute Gasteiger partial charge is 0.248 e. The largest absolute Gasteiger partial charge is 0.358 e. The summed E-state index contributed by atoms with van der Waals surface area (Å²) in [5.74, 6) is -0.893. The first-order valence-electron chi connectivity index (χ1n) is 10.8. The molecule has 174 valence electrons. The molecule has 0 saturated carbocycles. The predicted molar refractivity (Wildman–Crippen MR) is 120 cm³/mol. The maximum Gasteiger partial charge on any atom is 0.248 e. The van der Waals surface area contributed by atoms with Crippen LogP contribution in [0.15, 0.2) is 30.3 Å². The summed E-state index contributed by atoms with van der Waals surface area (Å²) in [6, 6.07) is 5.55. The quantitative estimate of drug-likeness (QED) is 0.548. The number of anilines is 2. The first-order chi connectivity index (χ1) is 15.2. The monoisotopic (exact) mass is 447 g/mol. The van der Waals surface area contributed by atoms with Crippen molar-refractivity contribution >= 4 is 23.5 Å². The van der Waals surface area contributed by atoms with E-state index in [-0.39, 0.29) is 17.8 Å². The fourth-order valence-corrected chi connectivity index (χ4v) is 3.08. The standard InChI is InChI=1S/C23H31F2N5O2/c1-5-6-19(26-22(31)13-16-11-17(24)14-18(25)12-16)23(32)27-20-7-8-21(29-28-20)30(4)10-9-15(2)3/h7-8,11-12,14-15,19H,5-6,9-10,13H2,1-4H3,(H,26,31)(H,27,28,32). The SMILES string of the molecule is CCCC(NC(=O)Cc1cc(F)cc(F)c1)C(=O)Nc1ccc(N(C)CCC(C)C)nn1. The number of nitrogens with one attached hydrogen (secondary N) is 2. The second-order valence-corrected chi connectivity index (χ2v) is 8.23. The maximum atomic E-state index is 13.3. The van der Waals surface area contributed by atoms with Crippen molar-refractivity contribution in [2.24, 2.45) is 5.92 Å². The van der Waals surface area contributed by atoms with Gasteiger partial charge in [0.25, 0.3) is 0 Å². The molecule has 2 aromatic rings. The molecule has 1 unspecified atom stereocenters. The van der Waals surface area contributed by atoms with Crippen molar-refractivity contribution in [1.29, 1.82) is 0 Å². The van der Waals surface area contributed by atoms with Crippen molar-refractivity contribution in [2.75, 3.05) is 23.8 Å². The van der Waals surface area contributed by atoms with Crippen LogP contribution in [0.3, 0.4) is 0 Å². The Bertz CT molecular complexity index is 886. The van der Waals surface area contributed by atoms with E-state index in [1.165, 1.54) is 0 Å². The molecule has 1 aromatic carbocycles. The molecule has 0 fully saturated rings. The summed E-state index contributed by atoms with van der Waals surface area (Å²) in [4.78, 5) is 27.0. The van der Waals surface area contributed by atoms with E-state index in [0.29, 0.717) is 24.6 Å². The Labute approximate surface area is 187 Å². The Hall–Kier alpha value is -3.10. The van der Waals surface area contributed by atoms with E-state index in [9.17, 15) is 18.4 Å². The molecule has 0 radical (unpaired) electrons. The molecule has 32 heavy (non-hydrogen) atoms. The van der Waals surface area contributed by atoms with Gasteiger partial charge in [0.1, 0.15) is 17.7 Å². The number of nitrogens with zero attached hydrogens (tertiary/aromatic N) is 3. The zero-order valence-electron chi connectivity index (χ0n) is 19.0. The van der Waals surface area contributed by atoms with E-state index in [1.807, 2.05) is 18.9 Å². The number of rotatable bonds is 11. The number of carbonyl (C=O) groups is 2. The molecule has 1 atom stereocenters. The minimum atomic E-state index is -0.805. The van der Waals surface area contributed by atoms with Crippen LogP contribution in [0.5, 0.6) is 0 Å². The Morgan fingerprint density at radius 3 is 2.31 bits per heavy atom. The van der Waals surface area contributed by atoms with Crippen molar-refractivity contribution in [1.82, 2.24) is 15.5 Å². The molecule has 9 heteroatoms. The predicted octanol–water partition coefficient (Wildman–Crippen LogP) is 3.70. The van der Waals surface area contributed by atoms with Crippen molar-refractivity contribution in [3.05, 3.63) is 47.5 Å². The van der Waals surface area contributed by atoms with Gasteiger partial charge in [-0.15, -0.1) is 10.2 Å². The van der Waals surface area contributed by atoms with Gasteiger partial charge >= 0.3 is 0 Å². The molecule has 0 aliphatic carbocycles. The first kappa shape index (κ1) is 25.2. The third-order valence-electron chi connectivity index (χ3n) is 4.85. The highest BCUT2D eigenvalue weighted by Crippen LogP contribution is 2.13. The van der Waals surface area contributed by atoms with Gasteiger partial charge in [-0.05, 0) is 48.6 Å². The molecule has 0 saturated heterocycles. The van der Waals surface area contributed by atoms with Gasteiger partial charge in [0.2, 0.25) is 11.8 Å². The van der Waals surface area contributed by atoms with Gasteiger partial charge in [0.05, 0.1) is 6.42 Å². The van der Waals surface area contributed by atoms with Gasteiger partial charge in [0, 0.05) is 19.7 Å². The first-order valence-corrected chi connectivity index (χ1v) is 10.8. The molecule has 2 amide bonds. The Morgan fingerprint density at radius 2 is 1.75 bits per heavy atom. The average Bonchev–Trinajstić information content (AvgIpc) is 2.71. The lowest BCUT2D eigenvalue weighted by atomic mass is 10.1. The van der Waals surface area contributed by atoms with Crippen LogP contribution in [0.25, 0.3) is 0 Å². The van der Waals surface area contributed by atoms with Crippen LogP contribution < -0.4 is 15.5 Å². The molecule has 0 aliphatic heterocycles. The van der Waals surface area contributed by atoms with E-state index in [2.05, 4.69) is 34.7 Å². The Balaban J connectivity index is 1.96. The number of carbonyl (C=O) groups excluding carboxylic acids is 2. The number of hydrogen-bond acceptors (Lipinski definition) is 5. The third kappa shape index (κ3) is 8.20. The van der Waals surface area contributed by atoms with Crippen molar-refractivity contribution in [3.8, 4) is 0 Å². The van der Waals surface area contributed by atoms with Gasteiger partial charge in [-0.3, -0.25) is 9.59 Å². The van der Waals surface area contributed by atoms with Gasteiger partial charge in [-0.1, -0.05) is 27.2 Å². The second-order valence-electron chi connectivity index (χ2n) is 8.23. The topological polar surface area (TPSA) is 87.2 Å². The van der Waals surface area contributed by atoms with Gasteiger partial charge < -0.3 is 15.5 Å². The summed E-state index contributed by atoms with van der Waals surface area (Å²) < 4.78 is 26.7. The minimum absolute atomic E-state index is 0.193. The van der Waals surface area contributed by atoms with Crippen LogP contribution in [0, 0.1) is 17.6 Å². The summed E-state index contributed by atoms with van der Waals surface area (Å²) >= 11 is 0. The summed E-state index contributed by atoms with van der Waals surface area (Å²) in [6.07, 6.45) is 1.84. The molecule has 0 spiro atoms. The Morgan fingerprint density at radius 1 is 1.06 bits per heavy atom. The van der Waals surface area contributed by atoms with E-state index in [4.69, 9.17) is 0 Å². The Kier molecular flexibility index (Phi) is 9.49. The minimum Gasteiger partial charge on any atom is -0.358 e. The molecular formula is C23H31F2N5O2. The van der Waals surface area contributed by atoms with Crippen molar-refractivity contribution in [2.45, 2.75) is 52.5 Å².